The van der Waals surface area contributed by atoms with Gasteiger partial charge in [0.1, 0.15) is 13.2 Å². The number of rotatable bonds is 6. The molecule has 0 spiro atoms. The van der Waals surface area contributed by atoms with Crippen molar-refractivity contribution in [2.75, 3.05) is 26.4 Å². The van der Waals surface area contributed by atoms with Gasteiger partial charge >= 0.3 is 11.9 Å². The Morgan fingerprint density at radius 1 is 0.692 bits per heavy atom. The molecular formula is C20H24O6. The first-order valence-electron chi connectivity index (χ1n) is 8.17. The summed E-state index contributed by atoms with van der Waals surface area (Å²) in [6.07, 6.45) is 0. The number of aryl methyl sites for hydroxylation is 2. The first-order valence-corrected chi connectivity index (χ1v) is 8.17. The van der Waals surface area contributed by atoms with E-state index in [0.29, 0.717) is 11.1 Å². The van der Waals surface area contributed by atoms with Crippen LogP contribution in [0.1, 0.15) is 31.8 Å². The number of hydrogen-bond donors (Lipinski definition) is 2. The van der Waals surface area contributed by atoms with Crippen LogP contribution in [0.2, 0.25) is 0 Å². The van der Waals surface area contributed by atoms with Gasteiger partial charge in [0.2, 0.25) is 0 Å². The van der Waals surface area contributed by atoms with Gasteiger partial charge in [0.15, 0.2) is 0 Å². The Labute approximate surface area is 153 Å². The van der Waals surface area contributed by atoms with Gasteiger partial charge in [0, 0.05) is 0 Å². The van der Waals surface area contributed by atoms with Crippen LogP contribution < -0.4 is 0 Å². The minimum atomic E-state index is -0.425. The van der Waals surface area contributed by atoms with Crippen molar-refractivity contribution in [2.24, 2.45) is 0 Å². The zero-order chi connectivity index (χ0) is 19.4. The molecule has 26 heavy (non-hydrogen) atoms. The maximum absolute atomic E-state index is 11.7. The van der Waals surface area contributed by atoms with Crippen LogP contribution in [-0.4, -0.2) is 48.6 Å². The highest BCUT2D eigenvalue weighted by Gasteiger charge is 2.09. The Morgan fingerprint density at radius 2 is 1.00 bits per heavy atom. The first-order chi connectivity index (χ1) is 12.5. The van der Waals surface area contributed by atoms with Crippen molar-refractivity contribution in [1.29, 1.82) is 0 Å². The Bertz CT molecular complexity index is 615. The van der Waals surface area contributed by atoms with Crippen LogP contribution in [0.15, 0.2) is 48.5 Å². The van der Waals surface area contributed by atoms with E-state index in [-0.39, 0.29) is 26.4 Å². The molecule has 2 rings (SSSR count). The third kappa shape index (κ3) is 7.92. The number of carbonyl (C=O) groups is 2. The summed E-state index contributed by atoms with van der Waals surface area (Å²) < 4.78 is 10.1. The molecule has 0 radical (unpaired) electrons. The van der Waals surface area contributed by atoms with E-state index in [1.54, 1.807) is 24.3 Å². The van der Waals surface area contributed by atoms with E-state index < -0.39 is 11.9 Å². The summed E-state index contributed by atoms with van der Waals surface area (Å²) in [6, 6.07) is 14.2. The average Bonchev–Trinajstić information content (AvgIpc) is 2.66. The average molecular weight is 360 g/mol. The van der Waals surface area contributed by atoms with Gasteiger partial charge in [-0.15, -0.1) is 0 Å². The van der Waals surface area contributed by atoms with Crippen LogP contribution >= 0.6 is 0 Å². The maximum Gasteiger partial charge on any atom is 0.338 e. The zero-order valence-corrected chi connectivity index (χ0v) is 15.0. The quantitative estimate of drug-likeness (QED) is 0.606. The number of aliphatic hydroxyl groups excluding tert-OH is 2. The van der Waals surface area contributed by atoms with E-state index in [1.165, 1.54) is 0 Å². The molecule has 0 atom stereocenters. The number of hydrogen-bond acceptors (Lipinski definition) is 6. The van der Waals surface area contributed by atoms with Crippen LogP contribution in [-0.2, 0) is 9.47 Å². The highest BCUT2D eigenvalue weighted by atomic mass is 16.6. The number of ether oxygens (including phenoxy) is 2. The molecule has 2 N–H and O–H groups in total. The molecule has 0 aliphatic heterocycles. The number of benzene rings is 2. The first kappa shape index (κ1) is 21.3. The van der Waals surface area contributed by atoms with Gasteiger partial charge in [-0.1, -0.05) is 35.4 Å². The van der Waals surface area contributed by atoms with Crippen LogP contribution in [0.25, 0.3) is 0 Å². The summed E-state index contributed by atoms with van der Waals surface area (Å²) in [7, 11) is 0. The molecule has 0 aliphatic rings. The van der Waals surface area contributed by atoms with E-state index in [1.807, 2.05) is 38.1 Å². The van der Waals surface area contributed by atoms with Gasteiger partial charge in [0.05, 0.1) is 24.3 Å². The highest BCUT2D eigenvalue weighted by Crippen LogP contribution is 2.06. The molecule has 0 unspecified atom stereocenters. The molecular weight excluding hydrogens is 336 g/mol. The van der Waals surface area contributed by atoms with E-state index in [2.05, 4.69) is 0 Å². The molecule has 0 aromatic heterocycles. The molecule has 6 nitrogen and oxygen atoms in total. The second kappa shape index (κ2) is 11.8. The lowest BCUT2D eigenvalue weighted by atomic mass is 10.1. The van der Waals surface area contributed by atoms with Crippen molar-refractivity contribution in [3.05, 3.63) is 70.8 Å². The summed E-state index contributed by atoms with van der Waals surface area (Å²) in [4.78, 5) is 23.5. The Balaban J connectivity index is 0.000000765. The van der Waals surface area contributed by atoms with Crippen LogP contribution in [0.5, 0.6) is 0 Å². The third-order valence-corrected chi connectivity index (χ3v) is 3.22. The number of aliphatic hydroxyl groups is 2. The molecule has 0 bridgehead atoms. The Kier molecular flexibility index (Phi) is 9.67. The highest BCUT2D eigenvalue weighted by molar-refractivity contribution is 5.90. The maximum atomic E-state index is 11.7. The van der Waals surface area contributed by atoms with Gasteiger partial charge in [-0.3, -0.25) is 0 Å². The van der Waals surface area contributed by atoms with E-state index in [9.17, 15) is 9.59 Å². The molecule has 0 amide bonds. The summed E-state index contributed by atoms with van der Waals surface area (Å²) in [6.45, 7) is 3.70. The largest absolute Gasteiger partial charge is 0.458 e. The van der Waals surface area contributed by atoms with Crippen molar-refractivity contribution < 1.29 is 29.3 Å². The molecule has 0 aliphatic carbocycles. The SMILES string of the molecule is Cc1ccc(C(=O)OCCOC(=O)c2ccc(C)cc2)cc1.OCCO. The standard InChI is InChI=1S/C18H18O4.C2H6O2/c1-13-3-7-15(8-4-13)17(19)21-11-12-22-18(20)16-9-5-14(2)6-10-16;3-1-2-4/h3-10H,11-12H2,1-2H3;3-4H,1-2H2. The fraction of sp³-hybridized carbons (Fsp3) is 0.300. The fourth-order valence-electron chi connectivity index (χ4n) is 1.81. The van der Waals surface area contributed by atoms with Crippen molar-refractivity contribution in [3.8, 4) is 0 Å². The molecule has 140 valence electrons. The van der Waals surface area contributed by atoms with Gasteiger partial charge in [0.25, 0.3) is 0 Å². The van der Waals surface area contributed by atoms with Crippen molar-refractivity contribution in [1.82, 2.24) is 0 Å². The smallest absolute Gasteiger partial charge is 0.338 e. The van der Waals surface area contributed by atoms with E-state index in [4.69, 9.17) is 19.7 Å². The summed E-state index contributed by atoms with van der Waals surface area (Å²) >= 11 is 0. The van der Waals surface area contributed by atoms with Gasteiger partial charge < -0.3 is 19.7 Å². The second-order valence-corrected chi connectivity index (χ2v) is 5.45. The van der Waals surface area contributed by atoms with Crippen LogP contribution in [0, 0.1) is 13.8 Å². The summed E-state index contributed by atoms with van der Waals surface area (Å²) in [5, 5.41) is 15.2. The Hall–Kier alpha value is -2.70. The van der Waals surface area contributed by atoms with Crippen molar-refractivity contribution in [2.45, 2.75) is 13.8 Å². The molecule has 0 heterocycles. The van der Waals surface area contributed by atoms with Gasteiger partial charge in [-0.25, -0.2) is 9.59 Å². The van der Waals surface area contributed by atoms with Crippen LogP contribution in [0.3, 0.4) is 0 Å². The second-order valence-electron chi connectivity index (χ2n) is 5.45. The monoisotopic (exact) mass is 360 g/mol. The number of carbonyl (C=O) groups excluding carboxylic acids is 2. The van der Waals surface area contributed by atoms with Crippen LogP contribution in [0.4, 0.5) is 0 Å². The number of esters is 2. The predicted molar refractivity (Wildman–Crippen MR) is 97.1 cm³/mol. The normalized spacial score (nSPS) is 9.69. The lowest BCUT2D eigenvalue weighted by Crippen LogP contribution is -2.14. The predicted octanol–water partition coefficient (Wildman–Crippen LogP) is 2.29. The van der Waals surface area contributed by atoms with E-state index in [0.717, 1.165) is 11.1 Å². The minimum Gasteiger partial charge on any atom is -0.458 e. The Morgan fingerprint density at radius 3 is 1.27 bits per heavy atom. The lowest BCUT2D eigenvalue weighted by Gasteiger charge is -2.07. The van der Waals surface area contributed by atoms with Gasteiger partial charge in [-0.2, -0.15) is 0 Å². The molecule has 2 aromatic rings. The summed E-state index contributed by atoms with van der Waals surface area (Å²) in [5.74, 6) is -0.849. The molecule has 0 saturated heterocycles. The molecule has 2 aromatic carbocycles. The van der Waals surface area contributed by atoms with Crippen molar-refractivity contribution >= 4 is 11.9 Å². The minimum absolute atomic E-state index is 0.0321. The zero-order valence-electron chi connectivity index (χ0n) is 15.0. The van der Waals surface area contributed by atoms with Crippen molar-refractivity contribution in [3.63, 3.8) is 0 Å². The lowest BCUT2D eigenvalue weighted by molar-refractivity contribution is 0.0265. The molecule has 0 fully saturated rings. The molecule has 0 saturated carbocycles. The van der Waals surface area contributed by atoms with E-state index >= 15 is 0 Å². The molecule has 6 heteroatoms. The van der Waals surface area contributed by atoms with Gasteiger partial charge in [-0.05, 0) is 38.1 Å². The fourth-order valence-corrected chi connectivity index (χ4v) is 1.81. The summed E-state index contributed by atoms with van der Waals surface area (Å²) in [5.41, 5.74) is 3.11. The topological polar surface area (TPSA) is 93.1 Å². The third-order valence-electron chi connectivity index (χ3n) is 3.22.